The molecule has 0 radical (unpaired) electrons. The van der Waals surface area contributed by atoms with Gasteiger partial charge in [-0.25, -0.2) is 4.98 Å². The lowest BCUT2D eigenvalue weighted by atomic mass is 9.99. The first-order valence-corrected chi connectivity index (χ1v) is 6.80. The zero-order valence-corrected chi connectivity index (χ0v) is 11.1. The van der Waals surface area contributed by atoms with Gasteiger partial charge in [-0.3, -0.25) is 4.79 Å². The number of hydrogen-bond acceptors (Lipinski definition) is 3. The van der Waals surface area contributed by atoms with Gasteiger partial charge >= 0.3 is 0 Å². The van der Waals surface area contributed by atoms with Gasteiger partial charge in [0.05, 0.1) is 5.01 Å². The minimum atomic E-state index is 0.186. The van der Waals surface area contributed by atoms with Crippen LogP contribution in [0.2, 0.25) is 0 Å². The Morgan fingerprint density at radius 2 is 2.31 bits per heavy atom. The SMILES string of the molecule is CC.CC(=O)N1CCC[C@@H](c2nccs2)C1. The van der Waals surface area contributed by atoms with E-state index in [2.05, 4.69) is 4.98 Å². The number of piperidine rings is 1. The quantitative estimate of drug-likeness (QED) is 0.756. The van der Waals surface area contributed by atoms with Crippen LogP contribution in [-0.2, 0) is 4.79 Å². The summed E-state index contributed by atoms with van der Waals surface area (Å²) in [6, 6.07) is 0. The van der Waals surface area contributed by atoms with Crippen molar-refractivity contribution in [3.8, 4) is 0 Å². The summed E-state index contributed by atoms with van der Waals surface area (Å²) in [4.78, 5) is 17.5. The molecule has 1 aromatic rings. The van der Waals surface area contributed by atoms with E-state index in [-0.39, 0.29) is 5.91 Å². The Kier molecular flexibility index (Phi) is 5.46. The Labute approximate surface area is 101 Å². The second-order valence-electron chi connectivity index (χ2n) is 3.67. The molecule has 1 atom stereocenters. The molecule has 1 fully saturated rings. The second kappa shape index (κ2) is 6.63. The third-order valence-electron chi connectivity index (χ3n) is 2.67. The van der Waals surface area contributed by atoms with E-state index < -0.39 is 0 Å². The predicted octanol–water partition coefficient (Wildman–Crippen LogP) is 2.90. The smallest absolute Gasteiger partial charge is 0.219 e. The molecular formula is C12H20N2OS. The third-order valence-corrected chi connectivity index (χ3v) is 3.61. The Morgan fingerprint density at radius 3 is 2.88 bits per heavy atom. The third kappa shape index (κ3) is 3.30. The van der Waals surface area contributed by atoms with Crippen molar-refractivity contribution in [2.45, 2.75) is 39.5 Å². The zero-order valence-electron chi connectivity index (χ0n) is 10.3. The van der Waals surface area contributed by atoms with Crippen molar-refractivity contribution in [1.82, 2.24) is 9.88 Å². The highest BCUT2D eigenvalue weighted by Gasteiger charge is 2.24. The largest absolute Gasteiger partial charge is 0.342 e. The van der Waals surface area contributed by atoms with E-state index in [4.69, 9.17) is 0 Å². The van der Waals surface area contributed by atoms with Gasteiger partial charge in [0.2, 0.25) is 5.91 Å². The van der Waals surface area contributed by atoms with Crippen LogP contribution in [0, 0.1) is 0 Å². The number of nitrogens with zero attached hydrogens (tertiary/aromatic N) is 2. The first-order chi connectivity index (χ1) is 7.77. The number of aromatic nitrogens is 1. The fourth-order valence-corrected chi connectivity index (χ4v) is 2.67. The number of carbonyl (C=O) groups is 1. The van der Waals surface area contributed by atoms with Crippen molar-refractivity contribution >= 4 is 17.2 Å². The molecule has 1 amide bonds. The molecule has 2 rings (SSSR count). The Balaban J connectivity index is 0.000000606. The summed E-state index contributed by atoms with van der Waals surface area (Å²) in [5, 5.41) is 3.18. The van der Waals surface area contributed by atoms with Crippen molar-refractivity contribution in [1.29, 1.82) is 0 Å². The lowest BCUT2D eigenvalue weighted by Gasteiger charge is -2.30. The highest BCUT2D eigenvalue weighted by Crippen LogP contribution is 2.27. The fraction of sp³-hybridized carbons (Fsp3) is 0.667. The maximum atomic E-state index is 11.2. The summed E-state index contributed by atoms with van der Waals surface area (Å²) in [6.45, 7) is 7.41. The molecule has 0 bridgehead atoms. The fourth-order valence-electron chi connectivity index (χ4n) is 1.90. The molecule has 0 spiro atoms. The maximum Gasteiger partial charge on any atom is 0.219 e. The van der Waals surface area contributed by atoms with Gasteiger partial charge in [-0.15, -0.1) is 11.3 Å². The minimum Gasteiger partial charge on any atom is -0.342 e. The highest BCUT2D eigenvalue weighted by molar-refractivity contribution is 7.09. The van der Waals surface area contributed by atoms with Crippen LogP contribution >= 0.6 is 11.3 Å². The monoisotopic (exact) mass is 240 g/mol. The molecule has 1 aliphatic rings. The van der Waals surface area contributed by atoms with E-state index in [1.54, 1.807) is 18.3 Å². The van der Waals surface area contributed by atoms with Gasteiger partial charge in [-0.05, 0) is 12.8 Å². The molecule has 90 valence electrons. The molecule has 0 aromatic carbocycles. The normalized spacial score (nSPS) is 19.9. The number of thiazole rings is 1. The van der Waals surface area contributed by atoms with Gasteiger partial charge in [0.15, 0.2) is 0 Å². The molecule has 2 heterocycles. The average Bonchev–Trinajstić information content (AvgIpc) is 2.85. The van der Waals surface area contributed by atoms with E-state index in [9.17, 15) is 4.79 Å². The molecule has 1 aliphatic heterocycles. The van der Waals surface area contributed by atoms with Crippen molar-refractivity contribution in [3.63, 3.8) is 0 Å². The van der Waals surface area contributed by atoms with Crippen LogP contribution < -0.4 is 0 Å². The number of likely N-dealkylation sites (tertiary alicyclic amines) is 1. The summed E-state index contributed by atoms with van der Waals surface area (Å²) >= 11 is 1.69. The first kappa shape index (κ1) is 13.2. The predicted molar refractivity (Wildman–Crippen MR) is 67.7 cm³/mol. The molecule has 4 heteroatoms. The lowest BCUT2D eigenvalue weighted by Crippen LogP contribution is -2.37. The molecular weight excluding hydrogens is 220 g/mol. The maximum absolute atomic E-state index is 11.2. The van der Waals surface area contributed by atoms with E-state index in [1.165, 1.54) is 5.01 Å². The van der Waals surface area contributed by atoms with Crippen LogP contribution in [0.3, 0.4) is 0 Å². The number of rotatable bonds is 1. The van der Waals surface area contributed by atoms with Gasteiger partial charge in [0, 0.05) is 37.5 Å². The summed E-state index contributed by atoms with van der Waals surface area (Å²) in [6.07, 6.45) is 4.10. The van der Waals surface area contributed by atoms with Crippen LogP contribution in [-0.4, -0.2) is 28.9 Å². The molecule has 0 N–H and O–H groups in total. The van der Waals surface area contributed by atoms with E-state index in [0.29, 0.717) is 5.92 Å². The molecule has 1 saturated heterocycles. The molecule has 0 aliphatic carbocycles. The lowest BCUT2D eigenvalue weighted by molar-refractivity contribution is -0.130. The summed E-state index contributed by atoms with van der Waals surface area (Å²) in [5.41, 5.74) is 0. The zero-order chi connectivity index (χ0) is 12.0. The molecule has 0 saturated carbocycles. The van der Waals surface area contributed by atoms with Crippen LogP contribution in [0.25, 0.3) is 0 Å². The van der Waals surface area contributed by atoms with Gasteiger partial charge < -0.3 is 4.90 Å². The Morgan fingerprint density at radius 1 is 1.56 bits per heavy atom. The average molecular weight is 240 g/mol. The van der Waals surface area contributed by atoms with Crippen LogP contribution in [0.1, 0.15) is 44.5 Å². The minimum absolute atomic E-state index is 0.186. The first-order valence-electron chi connectivity index (χ1n) is 5.92. The van der Waals surface area contributed by atoms with Gasteiger partial charge in [0.1, 0.15) is 0 Å². The van der Waals surface area contributed by atoms with E-state index in [0.717, 1.165) is 25.9 Å². The van der Waals surface area contributed by atoms with Crippen molar-refractivity contribution in [3.05, 3.63) is 16.6 Å². The highest BCUT2D eigenvalue weighted by atomic mass is 32.1. The van der Waals surface area contributed by atoms with Crippen molar-refractivity contribution in [2.75, 3.05) is 13.1 Å². The molecule has 16 heavy (non-hydrogen) atoms. The molecule has 0 unspecified atom stereocenters. The molecule has 3 nitrogen and oxygen atoms in total. The van der Waals surface area contributed by atoms with Gasteiger partial charge in [0.25, 0.3) is 0 Å². The van der Waals surface area contributed by atoms with Gasteiger partial charge in [-0.1, -0.05) is 13.8 Å². The summed E-state index contributed by atoms with van der Waals surface area (Å²) in [5.74, 6) is 0.652. The Hall–Kier alpha value is -0.900. The second-order valence-corrected chi connectivity index (χ2v) is 4.60. The topological polar surface area (TPSA) is 33.2 Å². The number of hydrogen-bond donors (Lipinski definition) is 0. The molecule has 1 aromatic heterocycles. The van der Waals surface area contributed by atoms with E-state index in [1.807, 2.05) is 30.3 Å². The standard InChI is InChI=1S/C10H14N2OS.C2H6/c1-8(13)12-5-2-3-9(7-12)10-11-4-6-14-10;1-2/h4,6,9H,2-3,5,7H2,1H3;1-2H3/t9-;/m1./s1. The number of amides is 1. The van der Waals surface area contributed by atoms with Crippen LogP contribution in [0.5, 0.6) is 0 Å². The Bertz CT molecular complexity index is 311. The summed E-state index contributed by atoms with van der Waals surface area (Å²) in [7, 11) is 0. The van der Waals surface area contributed by atoms with Crippen LogP contribution in [0.15, 0.2) is 11.6 Å². The van der Waals surface area contributed by atoms with Crippen molar-refractivity contribution in [2.24, 2.45) is 0 Å². The van der Waals surface area contributed by atoms with Crippen LogP contribution in [0.4, 0.5) is 0 Å². The van der Waals surface area contributed by atoms with Crippen molar-refractivity contribution < 1.29 is 4.79 Å². The number of carbonyl (C=O) groups excluding carboxylic acids is 1. The summed E-state index contributed by atoms with van der Waals surface area (Å²) < 4.78 is 0. The van der Waals surface area contributed by atoms with Gasteiger partial charge in [-0.2, -0.15) is 0 Å². The van der Waals surface area contributed by atoms with E-state index >= 15 is 0 Å².